The molecule has 0 aromatic heterocycles. The Labute approximate surface area is 208 Å². The normalized spacial score (nSPS) is 23.6. The van der Waals surface area contributed by atoms with Gasteiger partial charge in [-0.2, -0.15) is 0 Å². The van der Waals surface area contributed by atoms with Crippen LogP contribution < -0.4 is 10.2 Å². The number of rotatable bonds is 7. The molecule has 1 aromatic rings. The summed E-state index contributed by atoms with van der Waals surface area (Å²) in [6, 6.07) is 6.74. The topological polar surface area (TPSA) is 94.2 Å². The van der Waals surface area contributed by atoms with Crippen LogP contribution in [0.4, 0.5) is 10.5 Å². The molecule has 3 rings (SSSR count). The lowest BCUT2D eigenvalue weighted by Gasteiger charge is -2.42. The largest absolute Gasteiger partial charge is 0.465 e. The van der Waals surface area contributed by atoms with Crippen LogP contribution in [-0.4, -0.2) is 55.5 Å². The highest BCUT2D eigenvalue weighted by atomic mass is 16.6. The van der Waals surface area contributed by atoms with Crippen LogP contribution in [0.2, 0.25) is 0 Å². The number of carbonyl (C=O) groups excluding carboxylic acids is 3. The van der Waals surface area contributed by atoms with Crippen molar-refractivity contribution in [3.8, 4) is 0 Å². The molecule has 1 saturated heterocycles. The van der Waals surface area contributed by atoms with Gasteiger partial charge in [0.2, 0.25) is 0 Å². The summed E-state index contributed by atoms with van der Waals surface area (Å²) >= 11 is 0. The number of para-hydroxylation sites is 1. The molecule has 2 aliphatic heterocycles. The van der Waals surface area contributed by atoms with Crippen molar-refractivity contribution in [3.05, 3.63) is 29.8 Å². The van der Waals surface area contributed by atoms with Crippen LogP contribution in [0.1, 0.15) is 66.9 Å². The van der Waals surface area contributed by atoms with E-state index in [9.17, 15) is 14.4 Å². The second-order valence-electron chi connectivity index (χ2n) is 10.7. The van der Waals surface area contributed by atoms with Crippen molar-refractivity contribution in [1.82, 2.24) is 5.32 Å². The average Bonchev–Trinajstić information content (AvgIpc) is 3.28. The van der Waals surface area contributed by atoms with E-state index in [1.165, 1.54) is 4.90 Å². The first kappa shape index (κ1) is 27.0. The van der Waals surface area contributed by atoms with Gasteiger partial charge in [-0.25, -0.2) is 4.79 Å². The second kappa shape index (κ2) is 10.6. The molecule has 0 aliphatic carbocycles. The molecule has 2 aliphatic rings. The highest BCUT2D eigenvalue weighted by Gasteiger charge is 2.64. The lowest BCUT2D eigenvalue weighted by molar-refractivity contribution is -0.163. The van der Waals surface area contributed by atoms with Crippen molar-refractivity contribution in [1.29, 1.82) is 0 Å². The number of hydrogen-bond donors (Lipinski definition) is 1. The lowest BCUT2D eigenvalue weighted by atomic mass is 9.65. The van der Waals surface area contributed by atoms with Gasteiger partial charge in [0.15, 0.2) is 5.92 Å². The molecule has 8 nitrogen and oxygen atoms in total. The van der Waals surface area contributed by atoms with Crippen molar-refractivity contribution in [3.63, 3.8) is 0 Å². The Balaban J connectivity index is 2.28. The minimum Gasteiger partial charge on any atom is -0.465 e. The summed E-state index contributed by atoms with van der Waals surface area (Å²) in [5, 5.41) is 3.61. The predicted molar refractivity (Wildman–Crippen MR) is 133 cm³/mol. The molecule has 35 heavy (non-hydrogen) atoms. The summed E-state index contributed by atoms with van der Waals surface area (Å²) in [5.41, 5.74) is 0.135. The molecule has 8 heteroatoms. The number of hydrogen-bond acceptors (Lipinski definition) is 7. The zero-order chi connectivity index (χ0) is 26.0. The van der Waals surface area contributed by atoms with E-state index in [1.807, 2.05) is 24.3 Å². The van der Waals surface area contributed by atoms with Crippen LogP contribution in [0.25, 0.3) is 0 Å². The van der Waals surface area contributed by atoms with Gasteiger partial charge >= 0.3 is 18.0 Å². The van der Waals surface area contributed by atoms with Gasteiger partial charge in [-0.05, 0) is 71.6 Å². The van der Waals surface area contributed by atoms with Gasteiger partial charge in [0.1, 0.15) is 5.60 Å². The van der Waals surface area contributed by atoms with Gasteiger partial charge in [0.25, 0.3) is 0 Å². The molecule has 1 fully saturated rings. The number of nitrogens with zero attached hydrogens (tertiary/aromatic N) is 1. The third-order valence-electron chi connectivity index (χ3n) is 6.72. The summed E-state index contributed by atoms with van der Waals surface area (Å²) in [5.74, 6) is -2.34. The van der Waals surface area contributed by atoms with E-state index in [1.54, 1.807) is 34.6 Å². The van der Waals surface area contributed by atoms with Gasteiger partial charge in [-0.15, -0.1) is 0 Å². The summed E-state index contributed by atoms with van der Waals surface area (Å²) in [7, 11) is 0. The number of fused-ring (bicyclic) bond motifs is 2. The molecule has 0 radical (unpaired) electrons. The van der Waals surface area contributed by atoms with E-state index in [4.69, 9.17) is 14.2 Å². The highest BCUT2D eigenvalue weighted by molar-refractivity contribution is 6.01. The Bertz CT molecular complexity index is 922. The van der Waals surface area contributed by atoms with E-state index in [-0.39, 0.29) is 19.3 Å². The van der Waals surface area contributed by atoms with Crippen molar-refractivity contribution >= 4 is 23.7 Å². The second-order valence-corrected chi connectivity index (χ2v) is 10.7. The number of anilines is 1. The molecule has 1 N–H and O–H groups in total. The van der Waals surface area contributed by atoms with E-state index >= 15 is 0 Å². The average molecular weight is 489 g/mol. The van der Waals surface area contributed by atoms with Crippen molar-refractivity contribution in [2.24, 2.45) is 11.8 Å². The zero-order valence-electron chi connectivity index (χ0n) is 22.1. The van der Waals surface area contributed by atoms with Crippen molar-refractivity contribution in [2.45, 2.75) is 84.4 Å². The van der Waals surface area contributed by atoms with Crippen LogP contribution in [0.15, 0.2) is 24.3 Å². The molecule has 2 heterocycles. The summed E-state index contributed by atoms with van der Waals surface area (Å²) in [6.45, 7) is 14.0. The number of carbonyl (C=O) groups is 3. The minimum atomic E-state index is -1.32. The summed E-state index contributed by atoms with van der Waals surface area (Å²) < 4.78 is 16.6. The molecule has 1 aromatic carbocycles. The fourth-order valence-corrected chi connectivity index (χ4v) is 5.66. The first-order valence-corrected chi connectivity index (χ1v) is 12.7. The fraction of sp³-hybridized carbons (Fsp3) is 0.667. The Hall–Kier alpha value is -2.61. The van der Waals surface area contributed by atoms with E-state index in [0.717, 1.165) is 12.0 Å². The quantitative estimate of drug-likeness (QED) is 0.349. The van der Waals surface area contributed by atoms with Crippen LogP contribution in [-0.2, 0) is 29.2 Å². The summed E-state index contributed by atoms with van der Waals surface area (Å²) in [4.78, 5) is 42.1. The number of amides is 1. The van der Waals surface area contributed by atoms with E-state index in [2.05, 4.69) is 19.2 Å². The maximum atomic E-state index is 13.7. The van der Waals surface area contributed by atoms with Crippen LogP contribution in [0, 0.1) is 11.8 Å². The van der Waals surface area contributed by atoms with Crippen molar-refractivity contribution in [2.75, 3.05) is 24.7 Å². The maximum absolute atomic E-state index is 13.7. The number of nitrogens with one attached hydrogen (secondary N) is 1. The molecular weight excluding hydrogens is 448 g/mol. The van der Waals surface area contributed by atoms with E-state index < -0.39 is 41.0 Å². The number of benzene rings is 1. The molecular formula is C27H40N2O6. The van der Waals surface area contributed by atoms with Crippen LogP contribution >= 0.6 is 0 Å². The number of esters is 2. The SMILES string of the molecule is CCOC(=O)C(C(=O)OCC)[C@@H]1N(C(=O)OC(C)(C)C)c2ccccc2[C@@]12CCN[C@H]2CC(C)C. The maximum Gasteiger partial charge on any atom is 0.415 e. The van der Waals surface area contributed by atoms with Crippen LogP contribution in [0.3, 0.4) is 0 Å². The predicted octanol–water partition coefficient (Wildman–Crippen LogP) is 4.20. The summed E-state index contributed by atoms with van der Waals surface area (Å²) in [6.07, 6.45) is 0.868. The highest BCUT2D eigenvalue weighted by Crippen LogP contribution is 2.55. The molecule has 0 bridgehead atoms. The Morgan fingerprint density at radius 1 is 1.09 bits per heavy atom. The van der Waals surface area contributed by atoms with Crippen LogP contribution in [0.5, 0.6) is 0 Å². The third kappa shape index (κ3) is 5.17. The van der Waals surface area contributed by atoms with Gasteiger partial charge in [-0.3, -0.25) is 14.5 Å². The molecule has 1 amide bonds. The Kier molecular flexibility index (Phi) is 8.14. The lowest BCUT2D eigenvalue weighted by Crippen LogP contribution is -2.60. The standard InChI is InChI=1S/C27H40N2O6/c1-8-33-23(30)21(24(31)34-9-2)22-27(14-15-28-20(27)16-17(3)4)18-12-10-11-13-19(18)29(22)25(32)35-26(5,6)7/h10-13,17,20-22,28H,8-9,14-16H2,1-7H3/t20-,22-,27+/m0/s1. The molecule has 1 spiro atoms. The Morgan fingerprint density at radius 2 is 1.69 bits per heavy atom. The Morgan fingerprint density at radius 3 is 2.23 bits per heavy atom. The number of ether oxygens (including phenoxy) is 3. The fourth-order valence-electron chi connectivity index (χ4n) is 5.66. The van der Waals surface area contributed by atoms with Gasteiger partial charge in [0, 0.05) is 11.5 Å². The molecule has 0 saturated carbocycles. The molecule has 0 unspecified atom stereocenters. The monoisotopic (exact) mass is 488 g/mol. The third-order valence-corrected chi connectivity index (χ3v) is 6.72. The van der Waals surface area contributed by atoms with Gasteiger partial charge < -0.3 is 19.5 Å². The minimum absolute atomic E-state index is 0.0626. The van der Waals surface area contributed by atoms with E-state index in [0.29, 0.717) is 24.6 Å². The zero-order valence-corrected chi connectivity index (χ0v) is 22.1. The van der Waals surface area contributed by atoms with Crippen molar-refractivity contribution < 1.29 is 28.6 Å². The smallest absolute Gasteiger partial charge is 0.415 e. The molecule has 194 valence electrons. The first-order valence-electron chi connectivity index (χ1n) is 12.7. The molecule has 3 atom stereocenters. The van der Waals surface area contributed by atoms with Gasteiger partial charge in [0.05, 0.1) is 24.9 Å². The van der Waals surface area contributed by atoms with Gasteiger partial charge in [-0.1, -0.05) is 32.0 Å². The first-order chi connectivity index (χ1) is 16.5.